The maximum Gasteiger partial charge on any atom is 0.422 e. The van der Waals surface area contributed by atoms with Gasteiger partial charge in [-0.25, -0.2) is 4.98 Å². The zero-order valence-corrected chi connectivity index (χ0v) is 17.8. The molecular weight excluding hydrogens is 423 g/mol. The Labute approximate surface area is 184 Å². The number of aromatic nitrogens is 1. The number of aryl methyl sites for hydroxylation is 1. The van der Waals surface area contributed by atoms with Crippen LogP contribution < -0.4 is 4.74 Å². The summed E-state index contributed by atoms with van der Waals surface area (Å²) < 4.78 is 41.3. The van der Waals surface area contributed by atoms with E-state index in [2.05, 4.69) is 39.7 Å². The Kier molecular flexibility index (Phi) is 6.39. The van der Waals surface area contributed by atoms with Crippen LogP contribution in [0.15, 0.2) is 36.5 Å². The van der Waals surface area contributed by atoms with Crippen molar-refractivity contribution in [2.45, 2.75) is 44.6 Å². The first-order valence-corrected chi connectivity index (χ1v) is 10.6. The van der Waals surface area contributed by atoms with Gasteiger partial charge in [0.25, 0.3) is 5.91 Å². The molecule has 6 nitrogen and oxygen atoms in total. The van der Waals surface area contributed by atoms with E-state index in [4.69, 9.17) is 0 Å². The van der Waals surface area contributed by atoms with Crippen LogP contribution in [0.5, 0.6) is 5.88 Å². The van der Waals surface area contributed by atoms with Gasteiger partial charge in [-0.15, -0.1) is 0 Å². The molecule has 1 aromatic carbocycles. The van der Waals surface area contributed by atoms with Crippen LogP contribution in [0.3, 0.4) is 0 Å². The zero-order valence-electron chi connectivity index (χ0n) is 17.8. The molecule has 2 unspecified atom stereocenters. The van der Waals surface area contributed by atoms with Gasteiger partial charge in [-0.1, -0.05) is 23.8 Å². The smallest absolute Gasteiger partial charge is 0.422 e. The molecule has 172 valence electrons. The topological polar surface area (TPSA) is 65.9 Å². The standard InChI is InChI=1S/C23H26F3N3O3/c1-15-2-3-16-6-8-28(12-18(16)10-15)19-7-9-29(13-20(19)30)22(31)17-4-5-21(27-11-17)32-14-23(24,25)26/h2-5,10-11,19-20,30H,6-9,12-14H2,1H3. The molecule has 1 aromatic heterocycles. The first kappa shape index (κ1) is 22.5. The monoisotopic (exact) mass is 449 g/mol. The van der Waals surface area contributed by atoms with Crippen LogP contribution in [0.2, 0.25) is 0 Å². The third-order valence-electron chi connectivity index (χ3n) is 6.07. The van der Waals surface area contributed by atoms with E-state index < -0.39 is 18.9 Å². The van der Waals surface area contributed by atoms with Crippen molar-refractivity contribution in [1.82, 2.24) is 14.8 Å². The number of benzene rings is 1. The highest BCUT2D eigenvalue weighted by Crippen LogP contribution is 2.27. The number of ether oxygens (including phenoxy) is 1. The molecule has 0 spiro atoms. The van der Waals surface area contributed by atoms with Gasteiger partial charge in [0.1, 0.15) is 0 Å². The molecule has 2 atom stereocenters. The fourth-order valence-electron chi connectivity index (χ4n) is 4.45. The Balaban J connectivity index is 1.34. The number of carbonyl (C=O) groups is 1. The number of hydrogen-bond donors (Lipinski definition) is 1. The molecule has 0 radical (unpaired) electrons. The van der Waals surface area contributed by atoms with Gasteiger partial charge in [0, 0.05) is 44.5 Å². The lowest BCUT2D eigenvalue weighted by Gasteiger charge is -2.43. The molecule has 1 fully saturated rings. The number of likely N-dealkylation sites (tertiary alicyclic amines) is 1. The van der Waals surface area contributed by atoms with E-state index in [1.54, 1.807) is 4.90 Å². The normalized spacial score (nSPS) is 21.8. The minimum Gasteiger partial charge on any atom is -0.468 e. The quantitative estimate of drug-likeness (QED) is 0.778. The molecule has 0 aliphatic carbocycles. The number of fused-ring (bicyclic) bond motifs is 1. The number of aliphatic hydroxyl groups excluding tert-OH is 1. The summed E-state index contributed by atoms with van der Waals surface area (Å²) in [5, 5.41) is 10.8. The summed E-state index contributed by atoms with van der Waals surface area (Å²) in [7, 11) is 0. The second kappa shape index (κ2) is 9.07. The SMILES string of the molecule is Cc1ccc2c(c1)CN(C1CCN(C(=O)c3ccc(OCC(F)(F)F)nc3)CC1O)CC2. The van der Waals surface area contributed by atoms with Gasteiger partial charge in [0.05, 0.1) is 11.7 Å². The van der Waals surface area contributed by atoms with Gasteiger partial charge in [0.2, 0.25) is 5.88 Å². The van der Waals surface area contributed by atoms with E-state index in [-0.39, 0.29) is 29.9 Å². The van der Waals surface area contributed by atoms with Gasteiger partial charge in [0.15, 0.2) is 6.61 Å². The molecular formula is C23H26F3N3O3. The molecule has 9 heteroatoms. The molecule has 4 rings (SSSR count). The van der Waals surface area contributed by atoms with Crippen molar-refractivity contribution in [1.29, 1.82) is 0 Å². The highest BCUT2D eigenvalue weighted by molar-refractivity contribution is 5.94. The number of alkyl halides is 3. The van der Waals surface area contributed by atoms with E-state index in [0.29, 0.717) is 13.0 Å². The van der Waals surface area contributed by atoms with Crippen molar-refractivity contribution in [2.75, 3.05) is 26.2 Å². The van der Waals surface area contributed by atoms with Crippen LogP contribution in [0, 0.1) is 6.92 Å². The van der Waals surface area contributed by atoms with E-state index in [1.807, 2.05) is 0 Å². The Hall–Kier alpha value is -2.65. The number of piperidine rings is 1. The number of hydrogen-bond acceptors (Lipinski definition) is 5. The second-order valence-electron chi connectivity index (χ2n) is 8.46. The highest BCUT2D eigenvalue weighted by atomic mass is 19.4. The molecule has 1 amide bonds. The molecule has 3 heterocycles. The van der Waals surface area contributed by atoms with E-state index in [1.165, 1.54) is 35.0 Å². The van der Waals surface area contributed by atoms with Crippen molar-refractivity contribution >= 4 is 5.91 Å². The number of nitrogens with zero attached hydrogens (tertiary/aromatic N) is 3. The van der Waals surface area contributed by atoms with Crippen LogP contribution in [0.1, 0.15) is 33.5 Å². The first-order chi connectivity index (χ1) is 15.2. The van der Waals surface area contributed by atoms with Gasteiger partial charge in [-0.2, -0.15) is 13.2 Å². The average Bonchev–Trinajstić information content (AvgIpc) is 2.76. The Morgan fingerprint density at radius 3 is 2.72 bits per heavy atom. The maximum absolute atomic E-state index is 12.8. The predicted molar refractivity (Wildman–Crippen MR) is 111 cm³/mol. The Morgan fingerprint density at radius 2 is 2.03 bits per heavy atom. The fraction of sp³-hybridized carbons (Fsp3) is 0.478. The summed E-state index contributed by atoms with van der Waals surface area (Å²) in [5.41, 5.74) is 4.11. The lowest BCUT2D eigenvalue weighted by atomic mass is 9.93. The molecule has 2 aromatic rings. The van der Waals surface area contributed by atoms with Crippen molar-refractivity contribution in [3.05, 3.63) is 58.8 Å². The predicted octanol–water partition coefficient (Wildman–Crippen LogP) is 2.96. The number of amides is 1. The molecule has 1 N–H and O–H groups in total. The number of halogens is 3. The molecule has 2 aliphatic heterocycles. The lowest BCUT2D eigenvalue weighted by Crippen LogP contribution is -2.56. The molecule has 0 bridgehead atoms. The van der Waals surface area contributed by atoms with Crippen LogP contribution in [-0.2, 0) is 13.0 Å². The van der Waals surface area contributed by atoms with Gasteiger partial charge < -0.3 is 14.7 Å². The number of aliphatic hydroxyl groups is 1. The lowest BCUT2D eigenvalue weighted by molar-refractivity contribution is -0.154. The van der Waals surface area contributed by atoms with E-state index in [9.17, 15) is 23.1 Å². The second-order valence-corrected chi connectivity index (χ2v) is 8.46. The summed E-state index contributed by atoms with van der Waals surface area (Å²) >= 11 is 0. The average molecular weight is 449 g/mol. The van der Waals surface area contributed by atoms with Crippen molar-refractivity contribution < 1.29 is 27.8 Å². The summed E-state index contributed by atoms with van der Waals surface area (Å²) in [6.07, 6.45) is -2.34. The van der Waals surface area contributed by atoms with Gasteiger partial charge in [-0.05, 0) is 37.0 Å². The molecule has 0 saturated carbocycles. The fourth-order valence-corrected chi connectivity index (χ4v) is 4.45. The van der Waals surface area contributed by atoms with Crippen LogP contribution in [0.25, 0.3) is 0 Å². The number of carbonyl (C=O) groups excluding carboxylic acids is 1. The molecule has 1 saturated heterocycles. The minimum absolute atomic E-state index is 0.0241. The number of rotatable bonds is 4. The third-order valence-corrected chi connectivity index (χ3v) is 6.07. The van der Waals surface area contributed by atoms with Crippen molar-refractivity contribution in [3.8, 4) is 5.88 Å². The van der Waals surface area contributed by atoms with Crippen molar-refractivity contribution in [2.24, 2.45) is 0 Å². The third kappa shape index (κ3) is 5.21. The maximum atomic E-state index is 12.8. The molecule has 2 aliphatic rings. The highest BCUT2D eigenvalue weighted by Gasteiger charge is 2.35. The summed E-state index contributed by atoms with van der Waals surface area (Å²) in [5.74, 6) is -0.504. The van der Waals surface area contributed by atoms with Crippen LogP contribution in [0.4, 0.5) is 13.2 Å². The van der Waals surface area contributed by atoms with Crippen LogP contribution >= 0.6 is 0 Å². The number of β-amino-alcohol motifs (C(OH)–C–C–N with tert-alkyl or cyclic N) is 1. The van der Waals surface area contributed by atoms with E-state index in [0.717, 1.165) is 19.5 Å². The minimum atomic E-state index is -4.45. The van der Waals surface area contributed by atoms with Gasteiger partial charge in [-0.3, -0.25) is 9.69 Å². The van der Waals surface area contributed by atoms with E-state index >= 15 is 0 Å². The van der Waals surface area contributed by atoms with Gasteiger partial charge >= 0.3 is 6.18 Å². The summed E-state index contributed by atoms with van der Waals surface area (Å²) in [4.78, 5) is 20.5. The largest absolute Gasteiger partial charge is 0.468 e. The Bertz CT molecular complexity index is 965. The van der Waals surface area contributed by atoms with Crippen LogP contribution in [-0.4, -0.2) is 70.4 Å². The molecule has 32 heavy (non-hydrogen) atoms. The van der Waals surface area contributed by atoms with Crippen molar-refractivity contribution in [3.63, 3.8) is 0 Å². The zero-order chi connectivity index (χ0) is 22.9. The summed E-state index contributed by atoms with van der Waals surface area (Å²) in [6.45, 7) is 2.98. The summed E-state index contributed by atoms with van der Waals surface area (Å²) in [6, 6.07) is 9.11. The Morgan fingerprint density at radius 1 is 1.22 bits per heavy atom. The number of pyridine rings is 1. The first-order valence-electron chi connectivity index (χ1n) is 10.6.